The molecule has 0 radical (unpaired) electrons. The average Bonchev–Trinajstić information content (AvgIpc) is 2.32. The number of nitrogens with one attached hydrogen (secondary N) is 1. The van der Waals surface area contributed by atoms with Gasteiger partial charge >= 0.3 is 6.09 Å². The molecular formula is C12H14INO2. The van der Waals surface area contributed by atoms with Crippen molar-refractivity contribution < 1.29 is 9.53 Å². The van der Waals surface area contributed by atoms with Crippen LogP contribution in [0.5, 0.6) is 0 Å². The van der Waals surface area contributed by atoms with Crippen molar-refractivity contribution >= 4 is 28.7 Å². The second kappa shape index (κ2) is 5.03. The summed E-state index contributed by atoms with van der Waals surface area (Å²) >= 11 is 2.40. The molecule has 86 valence electrons. The fourth-order valence-corrected chi connectivity index (χ4v) is 2.95. The Labute approximate surface area is 109 Å². The van der Waals surface area contributed by atoms with Crippen molar-refractivity contribution in [1.82, 2.24) is 5.32 Å². The number of amides is 1. The number of fused-ring (bicyclic) bond motifs is 1. The van der Waals surface area contributed by atoms with E-state index in [0.717, 1.165) is 12.8 Å². The first-order valence-electron chi connectivity index (χ1n) is 5.28. The second-order valence-corrected chi connectivity index (χ2v) is 5.47. The summed E-state index contributed by atoms with van der Waals surface area (Å²) in [5, 5.41) is 2.91. The molecule has 1 aliphatic carbocycles. The Balaban J connectivity index is 2.26. The molecule has 0 aliphatic heterocycles. The fourth-order valence-electron chi connectivity index (χ4n) is 2.07. The summed E-state index contributed by atoms with van der Waals surface area (Å²) in [5.41, 5.74) is 2.55. The standard InChI is InChI=1S/C12H14INO2/c1-16-12(15)14-11-9-5-3-2-4-8(9)6-7-10(11)13/h2-5,10-11H,6-7H2,1H3,(H,14,15)/t10-,11+/m0/s1. The van der Waals surface area contributed by atoms with Gasteiger partial charge in [0.1, 0.15) is 0 Å². The van der Waals surface area contributed by atoms with E-state index in [-0.39, 0.29) is 12.1 Å². The Bertz CT molecular complexity index is 394. The van der Waals surface area contributed by atoms with Crippen LogP contribution in [-0.4, -0.2) is 17.1 Å². The number of alkyl halides is 1. The number of alkyl carbamates (subject to hydrolysis) is 1. The molecule has 0 saturated heterocycles. The monoisotopic (exact) mass is 331 g/mol. The molecule has 1 aromatic rings. The molecule has 2 rings (SSSR count). The van der Waals surface area contributed by atoms with E-state index >= 15 is 0 Å². The highest BCUT2D eigenvalue weighted by Crippen LogP contribution is 2.34. The number of rotatable bonds is 1. The van der Waals surface area contributed by atoms with Crippen molar-refractivity contribution in [2.24, 2.45) is 0 Å². The molecule has 0 spiro atoms. The van der Waals surface area contributed by atoms with Gasteiger partial charge in [0.25, 0.3) is 0 Å². The Hall–Kier alpha value is -0.780. The normalized spacial score (nSPS) is 23.4. The fraction of sp³-hybridized carbons (Fsp3) is 0.417. The maximum atomic E-state index is 11.3. The van der Waals surface area contributed by atoms with Crippen LogP contribution in [0.2, 0.25) is 0 Å². The molecule has 2 atom stereocenters. The molecule has 0 bridgehead atoms. The molecular weight excluding hydrogens is 317 g/mol. The highest BCUT2D eigenvalue weighted by Gasteiger charge is 2.28. The molecule has 0 saturated carbocycles. The van der Waals surface area contributed by atoms with E-state index in [9.17, 15) is 4.79 Å². The summed E-state index contributed by atoms with van der Waals surface area (Å²) in [4.78, 5) is 11.3. The van der Waals surface area contributed by atoms with Crippen molar-refractivity contribution in [2.45, 2.75) is 22.8 Å². The summed E-state index contributed by atoms with van der Waals surface area (Å²) < 4.78 is 5.09. The van der Waals surface area contributed by atoms with Gasteiger partial charge in [-0.25, -0.2) is 4.79 Å². The van der Waals surface area contributed by atoms with Crippen LogP contribution < -0.4 is 5.32 Å². The molecule has 1 aliphatic rings. The van der Waals surface area contributed by atoms with Gasteiger partial charge in [0.05, 0.1) is 13.2 Å². The lowest BCUT2D eigenvalue weighted by Gasteiger charge is -2.30. The minimum absolute atomic E-state index is 0.0676. The van der Waals surface area contributed by atoms with Crippen molar-refractivity contribution in [1.29, 1.82) is 0 Å². The lowest BCUT2D eigenvalue weighted by molar-refractivity contribution is 0.166. The van der Waals surface area contributed by atoms with E-state index in [2.05, 4.69) is 44.8 Å². The van der Waals surface area contributed by atoms with Gasteiger partial charge in [-0.1, -0.05) is 46.9 Å². The van der Waals surface area contributed by atoms with Crippen molar-refractivity contribution in [3.8, 4) is 0 Å². The van der Waals surface area contributed by atoms with Crippen molar-refractivity contribution in [3.63, 3.8) is 0 Å². The van der Waals surface area contributed by atoms with Crippen LogP contribution in [-0.2, 0) is 11.2 Å². The topological polar surface area (TPSA) is 38.3 Å². The van der Waals surface area contributed by atoms with Gasteiger partial charge in [-0.15, -0.1) is 0 Å². The zero-order chi connectivity index (χ0) is 11.5. The van der Waals surface area contributed by atoms with Gasteiger partial charge in [-0.2, -0.15) is 0 Å². The smallest absolute Gasteiger partial charge is 0.407 e. The molecule has 4 heteroatoms. The summed E-state index contributed by atoms with van der Waals surface area (Å²) in [5.74, 6) is 0. The number of ether oxygens (including phenoxy) is 1. The molecule has 1 N–H and O–H groups in total. The summed E-state index contributed by atoms with van der Waals surface area (Å²) in [7, 11) is 1.40. The third kappa shape index (κ3) is 2.31. The van der Waals surface area contributed by atoms with Crippen molar-refractivity contribution in [3.05, 3.63) is 35.4 Å². The lowest BCUT2D eigenvalue weighted by atomic mass is 9.88. The largest absolute Gasteiger partial charge is 0.453 e. The molecule has 0 fully saturated rings. The van der Waals surface area contributed by atoms with Crippen LogP contribution in [0.15, 0.2) is 24.3 Å². The molecule has 16 heavy (non-hydrogen) atoms. The molecule has 0 aromatic heterocycles. The van der Waals surface area contributed by atoms with Crippen LogP contribution in [0.25, 0.3) is 0 Å². The minimum atomic E-state index is -0.358. The number of halogens is 1. The number of methoxy groups -OCH3 is 1. The zero-order valence-electron chi connectivity index (χ0n) is 9.07. The number of hydrogen-bond acceptors (Lipinski definition) is 2. The number of carbonyl (C=O) groups excluding carboxylic acids is 1. The highest BCUT2D eigenvalue weighted by molar-refractivity contribution is 14.1. The van der Waals surface area contributed by atoms with Gasteiger partial charge in [0.15, 0.2) is 0 Å². The van der Waals surface area contributed by atoms with Gasteiger partial charge in [-0.05, 0) is 24.0 Å². The van der Waals surface area contributed by atoms with Crippen LogP contribution in [0.4, 0.5) is 4.79 Å². The summed E-state index contributed by atoms with van der Waals surface area (Å²) in [6, 6.07) is 8.34. The van der Waals surface area contributed by atoms with Gasteiger partial charge < -0.3 is 10.1 Å². The number of carbonyl (C=O) groups is 1. The maximum Gasteiger partial charge on any atom is 0.407 e. The van der Waals surface area contributed by atoms with Gasteiger partial charge in [0, 0.05) is 3.92 Å². The van der Waals surface area contributed by atoms with Crippen LogP contribution in [0.3, 0.4) is 0 Å². The second-order valence-electron chi connectivity index (χ2n) is 3.87. The summed E-state index contributed by atoms with van der Waals surface area (Å²) in [6.45, 7) is 0. The first-order valence-corrected chi connectivity index (χ1v) is 6.53. The third-order valence-electron chi connectivity index (χ3n) is 2.90. The molecule has 1 aromatic carbocycles. The Morgan fingerprint density at radius 2 is 2.25 bits per heavy atom. The Morgan fingerprint density at radius 3 is 3.00 bits per heavy atom. The van der Waals surface area contributed by atoms with Gasteiger partial charge in [-0.3, -0.25) is 0 Å². The number of hydrogen-bond donors (Lipinski definition) is 1. The lowest BCUT2D eigenvalue weighted by Crippen LogP contribution is -2.36. The first kappa shape index (κ1) is 11.7. The quantitative estimate of drug-likeness (QED) is 0.635. The van der Waals surface area contributed by atoms with E-state index < -0.39 is 0 Å². The van der Waals surface area contributed by atoms with Crippen LogP contribution in [0.1, 0.15) is 23.6 Å². The molecule has 3 nitrogen and oxygen atoms in total. The van der Waals surface area contributed by atoms with E-state index in [0.29, 0.717) is 3.92 Å². The predicted octanol–water partition coefficient (Wildman–Crippen LogP) is 2.83. The van der Waals surface area contributed by atoms with E-state index in [1.54, 1.807) is 0 Å². The van der Waals surface area contributed by atoms with Gasteiger partial charge in [0.2, 0.25) is 0 Å². The minimum Gasteiger partial charge on any atom is -0.453 e. The third-order valence-corrected chi connectivity index (χ3v) is 4.24. The molecule has 1 amide bonds. The van der Waals surface area contributed by atoms with Crippen LogP contribution in [0, 0.1) is 0 Å². The first-order chi connectivity index (χ1) is 7.72. The SMILES string of the molecule is COC(=O)N[C@@H]1c2ccccc2CC[C@@H]1I. The molecule has 0 heterocycles. The zero-order valence-corrected chi connectivity index (χ0v) is 11.2. The highest BCUT2D eigenvalue weighted by atomic mass is 127. The Morgan fingerprint density at radius 1 is 1.50 bits per heavy atom. The van der Waals surface area contributed by atoms with E-state index in [1.807, 2.05) is 12.1 Å². The summed E-state index contributed by atoms with van der Waals surface area (Å²) in [6.07, 6.45) is 1.82. The van der Waals surface area contributed by atoms with E-state index in [1.165, 1.54) is 18.2 Å². The number of benzene rings is 1. The number of aryl methyl sites for hydroxylation is 1. The van der Waals surface area contributed by atoms with Crippen LogP contribution >= 0.6 is 22.6 Å². The van der Waals surface area contributed by atoms with Crippen molar-refractivity contribution in [2.75, 3.05) is 7.11 Å². The predicted molar refractivity (Wildman–Crippen MR) is 70.9 cm³/mol. The van der Waals surface area contributed by atoms with E-state index in [4.69, 9.17) is 0 Å². The average molecular weight is 331 g/mol. The Kier molecular flexibility index (Phi) is 3.68. The molecule has 0 unspecified atom stereocenters. The maximum absolute atomic E-state index is 11.3.